The average Bonchev–Trinajstić information content (AvgIpc) is 3.05. The topological polar surface area (TPSA) is 68.5 Å². The van der Waals surface area contributed by atoms with Crippen molar-refractivity contribution in [3.05, 3.63) is 42.7 Å². The Labute approximate surface area is 143 Å². The third-order valence-corrected chi connectivity index (χ3v) is 3.28. The lowest BCUT2D eigenvalue weighted by atomic mass is 10.1. The molecule has 1 atom stereocenters. The van der Waals surface area contributed by atoms with E-state index >= 15 is 0 Å². The number of ether oxygens (including phenoxy) is 2. The maximum atomic E-state index is 9.91. The summed E-state index contributed by atoms with van der Waals surface area (Å²) in [5, 5.41) is 17.3. The van der Waals surface area contributed by atoms with Gasteiger partial charge >= 0.3 is 0 Å². The molecule has 0 saturated heterocycles. The first-order valence-corrected chi connectivity index (χ1v) is 8.18. The average molecular weight is 333 g/mol. The van der Waals surface area contributed by atoms with Crippen LogP contribution in [0.4, 0.5) is 0 Å². The standard InChI is InChI=1S/C18H27N3O3/c1-18(2,3)19-13-15(22)14-24-17-7-5-16(6-8-17)23-12-11-21-10-4-9-20-21/h4-10,15,19,22H,11-14H2,1-3H3. The van der Waals surface area contributed by atoms with E-state index in [1.807, 2.05) is 41.2 Å². The lowest BCUT2D eigenvalue weighted by molar-refractivity contribution is 0.100. The van der Waals surface area contributed by atoms with Crippen LogP contribution in [0.3, 0.4) is 0 Å². The molecule has 6 heteroatoms. The fraction of sp³-hybridized carbons (Fsp3) is 0.500. The third kappa shape index (κ3) is 7.02. The van der Waals surface area contributed by atoms with Gasteiger partial charge in [-0.2, -0.15) is 5.10 Å². The minimum absolute atomic E-state index is 0.0177. The second kappa shape index (κ2) is 8.70. The molecule has 2 aromatic rings. The predicted molar refractivity (Wildman–Crippen MR) is 93.4 cm³/mol. The number of rotatable bonds is 9. The van der Waals surface area contributed by atoms with E-state index in [4.69, 9.17) is 9.47 Å². The van der Waals surface area contributed by atoms with Crippen molar-refractivity contribution in [2.24, 2.45) is 0 Å². The molecular formula is C18H27N3O3. The van der Waals surface area contributed by atoms with Gasteiger partial charge in [0.05, 0.1) is 6.54 Å². The van der Waals surface area contributed by atoms with Crippen LogP contribution in [-0.2, 0) is 6.54 Å². The van der Waals surface area contributed by atoms with Crippen molar-refractivity contribution in [1.82, 2.24) is 15.1 Å². The summed E-state index contributed by atoms with van der Waals surface area (Å²) in [5.41, 5.74) is -0.0177. The van der Waals surface area contributed by atoms with Gasteiger partial charge in [0.25, 0.3) is 0 Å². The zero-order valence-electron chi connectivity index (χ0n) is 14.6. The summed E-state index contributed by atoms with van der Waals surface area (Å²) < 4.78 is 13.1. The number of hydrogen-bond donors (Lipinski definition) is 2. The van der Waals surface area contributed by atoms with Crippen molar-refractivity contribution in [1.29, 1.82) is 0 Å². The SMILES string of the molecule is CC(C)(C)NCC(O)COc1ccc(OCCn2cccn2)cc1. The molecule has 24 heavy (non-hydrogen) atoms. The summed E-state index contributed by atoms with van der Waals surface area (Å²) >= 11 is 0. The highest BCUT2D eigenvalue weighted by Gasteiger charge is 2.12. The minimum Gasteiger partial charge on any atom is -0.492 e. The van der Waals surface area contributed by atoms with Gasteiger partial charge in [-0.05, 0) is 51.1 Å². The first-order chi connectivity index (χ1) is 11.4. The molecule has 0 amide bonds. The molecule has 0 aliphatic rings. The Morgan fingerprint density at radius 2 is 1.83 bits per heavy atom. The molecule has 0 fully saturated rings. The van der Waals surface area contributed by atoms with Crippen LogP contribution in [0.15, 0.2) is 42.7 Å². The lowest BCUT2D eigenvalue weighted by Crippen LogP contribution is -2.42. The number of aliphatic hydroxyl groups is 1. The van der Waals surface area contributed by atoms with E-state index in [9.17, 15) is 5.11 Å². The van der Waals surface area contributed by atoms with Crippen molar-refractivity contribution in [3.8, 4) is 11.5 Å². The zero-order valence-corrected chi connectivity index (χ0v) is 14.6. The van der Waals surface area contributed by atoms with Crippen molar-refractivity contribution in [3.63, 3.8) is 0 Å². The fourth-order valence-electron chi connectivity index (χ4n) is 2.00. The lowest BCUT2D eigenvalue weighted by Gasteiger charge is -2.23. The Morgan fingerprint density at radius 1 is 1.17 bits per heavy atom. The largest absolute Gasteiger partial charge is 0.492 e. The van der Waals surface area contributed by atoms with Crippen LogP contribution in [0.25, 0.3) is 0 Å². The smallest absolute Gasteiger partial charge is 0.119 e. The van der Waals surface area contributed by atoms with Gasteiger partial charge < -0.3 is 19.9 Å². The summed E-state index contributed by atoms with van der Waals surface area (Å²) in [6, 6.07) is 9.29. The van der Waals surface area contributed by atoms with Gasteiger partial charge in [0.1, 0.15) is 30.8 Å². The maximum Gasteiger partial charge on any atom is 0.119 e. The number of nitrogens with one attached hydrogen (secondary N) is 1. The Bertz CT molecular complexity index is 577. The number of nitrogens with zero attached hydrogens (tertiary/aromatic N) is 2. The van der Waals surface area contributed by atoms with Gasteiger partial charge in [0.15, 0.2) is 0 Å². The van der Waals surface area contributed by atoms with E-state index in [0.29, 0.717) is 25.4 Å². The van der Waals surface area contributed by atoms with E-state index in [2.05, 4.69) is 31.2 Å². The normalized spacial score (nSPS) is 12.8. The molecule has 1 heterocycles. The molecule has 132 valence electrons. The molecule has 1 aromatic carbocycles. The molecule has 0 bridgehead atoms. The van der Waals surface area contributed by atoms with Crippen molar-refractivity contribution >= 4 is 0 Å². The van der Waals surface area contributed by atoms with Gasteiger partial charge in [0, 0.05) is 24.5 Å². The molecule has 6 nitrogen and oxygen atoms in total. The fourth-order valence-corrected chi connectivity index (χ4v) is 2.00. The molecule has 0 saturated carbocycles. The summed E-state index contributed by atoms with van der Waals surface area (Å²) in [4.78, 5) is 0. The minimum atomic E-state index is -0.547. The second-order valence-corrected chi connectivity index (χ2v) is 6.68. The van der Waals surface area contributed by atoms with Gasteiger partial charge in [-0.15, -0.1) is 0 Å². The van der Waals surface area contributed by atoms with Crippen LogP contribution in [0.5, 0.6) is 11.5 Å². The molecule has 1 aromatic heterocycles. The van der Waals surface area contributed by atoms with Crippen LogP contribution in [0, 0.1) is 0 Å². The van der Waals surface area contributed by atoms with E-state index < -0.39 is 6.10 Å². The van der Waals surface area contributed by atoms with Gasteiger partial charge in [-0.3, -0.25) is 4.68 Å². The zero-order chi connectivity index (χ0) is 17.4. The highest BCUT2D eigenvalue weighted by Crippen LogP contribution is 2.17. The molecule has 0 aliphatic heterocycles. The van der Waals surface area contributed by atoms with Crippen molar-refractivity contribution in [2.45, 2.75) is 39.0 Å². The number of hydrogen-bond acceptors (Lipinski definition) is 5. The molecule has 1 unspecified atom stereocenters. The van der Waals surface area contributed by atoms with Gasteiger partial charge in [0.2, 0.25) is 0 Å². The number of aromatic nitrogens is 2. The maximum absolute atomic E-state index is 9.91. The number of benzene rings is 1. The number of aliphatic hydroxyl groups excluding tert-OH is 1. The van der Waals surface area contributed by atoms with Crippen LogP contribution >= 0.6 is 0 Å². The van der Waals surface area contributed by atoms with Crippen LogP contribution in [0.1, 0.15) is 20.8 Å². The van der Waals surface area contributed by atoms with Gasteiger partial charge in [-0.1, -0.05) is 0 Å². The quantitative estimate of drug-likeness (QED) is 0.735. The summed E-state index contributed by atoms with van der Waals surface area (Å²) in [6.07, 6.45) is 3.10. The Kier molecular flexibility index (Phi) is 6.63. The first-order valence-electron chi connectivity index (χ1n) is 8.18. The van der Waals surface area contributed by atoms with E-state index in [1.165, 1.54) is 0 Å². The Balaban J connectivity index is 1.67. The third-order valence-electron chi connectivity index (χ3n) is 3.28. The summed E-state index contributed by atoms with van der Waals surface area (Å²) in [5.74, 6) is 1.49. The molecule has 2 rings (SSSR count). The van der Waals surface area contributed by atoms with Gasteiger partial charge in [-0.25, -0.2) is 0 Å². The van der Waals surface area contributed by atoms with Crippen LogP contribution in [0.2, 0.25) is 0 Å². The van der Waals surface area contributed by atoms with Crippen molar-refractivity contribution < 1.29 is 14.6 Å². The summed E-state index contributed by atoms with van der Waals surface area (Å²) in [6.45, 7) is 8.20. The van der Waals surface area contributed by atoms with Crippen LogP contribution in [-0.4, -0.2) is 46.3 Å². The molecular weight excluding hydrogens is 306 g/mol. The molecule has 2 N–H and O–H groups in total. The monoisotopic (exact) mass is 333 g/mol. The van der Waals surface area contributed by atoms with E-state index in [-0.39, 0.29) is 12.1 Å². The predicted octanol–water partition coefficient (Wildman–Crippen LogP) is 2.09. The first kappa shape index (κ1) is 18.3. The van der Waals surface area contributed by atoms with E-state index in [0.717, 1.165) is 5.75 Å². The number of β-amino-alcohol motifs (C(OH)–C–C–N with tert-alkyl or cyclic N) is 1. The Morgan fingerprint density at radius 3 is 2.42 bits per heavy atom. The molecule has 0 radical (unpaired) electrons. The highest BCUT2D eigenvalue weighted by atomic mass is 16.5. The molecule has 0 aliphatic carbocycles. The second-order valence-electron chi connectivity index (χ2n) is 6.68. The van der Waals surface area contributed by atoms with Crippen molar-refractivity contribution in [2.75, 3.05) is 19.8 Å². The summed E-state index contributed by atoms with van der Waals surface area (Å²) in [7, 11) is 0. The highest BCUT2D eigenvalue weighted by molar-refractivity contribution is 5.31. The van der Waals surface area contributed by atoms with E-state index in [1.54, 1.807) is 6.20 Å². The van der Waals surface area contributed by atoms with Crippen LogP contribution < -0.4 is 14.8 Å². The Hall–Kier alpha value is -2.05. The molecule has 0 spiro atoms.